The van der Waals surface area contributed by atoms with Crippen molar-refractivity contribution in [2.45, 2.75) is 39.0 Å². The first-order chi connectivity index (χ1) is 11.1. The molecule has 0 radical (unpaired) electrons. The Hall–Kier alpha value is -2.03. The molecule has 0 atom stereocenters. The van der Waals surface area contributed by atoms with Gasteiger partial charge in [-0.2, -0.15) is 0 Å². The van der Waals surface area contributed by atoms with Gasteiger partial charge in [-0.15, -0.1) is 0 Å². The zero-order valence-electron chi connectivity index (χ0n) is 13.1. The molecule has 0 saturated heterocycles. The number of allylic oxidation sites excluding steroid dienone is 2. The van der Waals surface area contributed by atoms with Crippen molar-refractivity contribution in [3.63, 3.8) is 0 Å². The van der Waals surface area contributed by atoms with Crippen LogP contribution in [0, 0.1) is 17.5 Å². The fraction of sp³-hybridized carbons (Fsp3) is 0.300. The molecule has 0 bridgehead atoms. The first-order valence-electron chi connectivity index (χ1n) is 8.03. The van der Waals surface area contributed by atoms with E-state index in [9.17, 15) is 13.2 Å². The molecule has 23 heavy (non-hydrogen) atoms. The molecule has 0 nitrogen and oxygen atoms in total. The van der Waals surface area contributed by atoms with Gasteiger partial charge in [-0.3, -0.25) is 0 Å². The Kier molecular flexibility index (Phi) is 4.56. The lowest BCUT2D eigenvalue weighted by Gasteiger charge is -2.19. The first-order valence-corrected chi connectivity index (χ1v) is 8.03. The summed E-state index contributed by atoms with van der Waals surface area (Å²) >= 11 is 0. The predicted octanol–water partition coefficient (Wildman–Crippen LogP) is 5.99. The fourth-order valence-electron chi connectivity index (χ4n) is 3.10. The lowest BCUT2D eigenvalue weighted by molar-refractivity contribution is 0.510. The molecule has 0 spiro atoms. The molecule has 0 fully saturated rings. The third-order valence-corrected chi connectivity index (χ3v) is 4.41. The summed E-state index contributed by atoms with van der Waals surface area (Å²) in [5, 5.41) is 0. The van der Waals surface area contributed by atoms with Gasteiger partial charge in [-0.1, -0.05) is 37.1 Å². The molecule has 0 unspecified atom stereocenters. The summed E-state index contributed by atoms with van der Waals surface area (Å²) in [4.78, 5) is 0. The molecule has 0 heterocycles. The van der Waals surface area contributed by atoms with Crippen LogP contribution in [-0.2, 0) is 12.8 Å². The van der Waals surface area contributed by atoms with E-state index in [0.29, 0.717) is 0 Å². The minimum absolute atomic E-state index is 0.0222. The summed E-state index contributed by atoms with van der Waals surface area (Å²) in [6, 6.07) is 6.99. The quantitative estimate of drug-likeness (QED) is 0.608. The zero-order chi connectivity index (χ0) is 16.4. The Bertz CT molecular complexity index is 760. The lowest BCUT2D eigenvalue weighted by atomic mass is 9.87. The van der Waals surface area contributed by atoms with Crippen LogP contribution in [0.2, 0.25) is 0 Å². The molecule has 0 saturated carbocycles. The molecular formula is C20H19F3. The highest BCUT2D eigenvalue weighted by atomic mass is 19.2. The second-order valence-electron chi connectivity index (χ2n) is 6.05. The van der Waals surface area contributed by atoms with E-state index in [2.05, 4.69) is 13.0 Å². The highest BCUT2D eigenvalue weighted by Crippen LogP contribution is 2.32. The number of rotatable bonds is 4. The average Bonchev–Trinajstić information content (AvgIpc) is 2.55. The number of fused-ring (bicyclic) bond motifs is 1. The van der Waals surface area contributed by atoms with E-state index in [4.69, 9.17) is 0 Å². The van der Waals surface area contributed by atoms with Gasteiger partial charge in [0.15, 0.2) is 11.6 Å². The summed E-state index contributed by atoms with van der Waals surface area (Å²) in [6.45, 7) is 2.15. The van der Waals surface area contributed by atoms with Crippen molar-refractivity contribution >= 4 is 0 Å². The van der Waals surface area contributed by atoms with E-state index >= 15 is 0 Å². The molecule has 0 N–H and O–H groups in total. The van der Waals surface area contributed by atoms with Gasteiger partial charge in [0.2, 0.25) is 0 Å². The summed E-state index contributed by atoms with van der Waals surface area (Å²) in [7, 11) is 0. The van der Waals surface area contributed by atoms with Gasteiger partial charge in [0.1, 0.15) is 5.82 Å². The highest BCUT2D eigenvalue weighted by Gasteiger charge is 2.18. The van der Waals surface area contributed by atoms with Gasteiger partial charge < -0.3 is 0 Å². The minimum atomic E-state index is -0.999. The normalized spacial score (nSPS) is 13.7. The summed E-state index contributed by atoms with van der Waals surface area (Å²) in [6.07, 6.45) is 6.96. The number of halogens is 3. The molecule has 0 amide bonds. The summed E-state index contributed by atoms with van der Waals surface area (Å²) in [5.41, 5.74) is 3.39. The third kappa shape index (κ3) is 3.19. The maximum atomic E-state index is 14.4. The van der Waals surface area contributed by atoms with Crippen LogP contribution in [0.1, 0.15) is 37.3 Å². The van der Waals surface area contributed by atoms with E-state index < -0.39 is 17.5 Å². The van der Waals surface area contributed by atoms with E-state index in [1.165, 1.54) is 23.8 Å². The lowest BCUT2D eigenvalue weighted by Crippen LogP contribution is -2.05. The minimum Gasteiger partial charge on any atom is -0.206 e. The van der Waals surface area contributed by atoms with E-state index in [0.717, 1.165) is 49.3 Å². The van der Waals surface area contributed by atoms with E-state index in [1.54, 1.807) is 6.07 Å². The van der Waals surface area contributed by atoms with Crippen LogP contribution in [0.3, 0.4) is 0 Å². The van der Waals surface area contributed by atoms with Crippen LogP contribution in [0.5, 0.6) is 0 Å². The molecular weight excluding hydrogens is 297 g/mol. The number of hydrogen-bond acceptors (Lipinski definition) is 0. The van der Waals surface area contributed by atoms with Gasteiger partial charge >= 0.3 is 0 Å². The molecule has 3 heteroatoms. The van der Waals surface area contributed by atoms with Crippen LogP contribution in [-0.4, -0.2) is 0 Å². The largest absolute Gasteiger partial charge is 0.206 e. The van der Waals surface area contributed by atoms with E-state index in [1.807, 2.05) is 0 Å². The van der Waals surface area contributed by atoms with Gasteiger partial charge in [0.25, 0.3) is 0 Å². The monoisotopic (exact) mass is 316 g/mol. The van der Waals surface area contributed by atoms with Crippen molar-refractivity contribution in [3.05, 3.63) is 70.6 Å². The fourth-order valence-corrected chi connectivity index (χ4v) is 3.10. The van der Waals surface area contributed by atoms with Crippen LogP contribution in [0.15, 0.2) is 42.0 Å². The number of hydrogen-bond donors (Lipinski definition) is 0. The topological polar surface area (TPSA) is 0 Å². The molecule has 2 aromatic carbocycles. The highest BCUT2D eigenvalue weighted by molar-refractivity contribution is 5.67. The van der Waals surface area contributed by atoms with Crippen molar-refractivity contribution in [1.82, 2.24) is 0 Å². The van der Waals surface area contributed by atoms with Crippen LogP contribution in [0.25, 0.3) is 11.1 Å². The second-order valence-corrected chi connectivity index (χ2v) is 6.05. The molecule has 0 aromatic heterocycles. The Morgan fingerprint density at radius 2 is 1.78 bits per heavy atom. The maximum Gasteiger partial charge on any atom is 0.166 e. The van der Waals surface area contributed by atoms with Gasteiger partial charge in [0, 0.05) is 11.1 Å². The van der Waals surface area contributed by atoms with Crippen LogP contribution >= 0.6 is 0 Å². The standard InChI is InChI=1S/C20H19F3/c1-2-3-5-13-8-9-14-11-17(19(22)12-15(14)10-13)16-6-4-7-18(21)20(16)23/h4,6-8,11-12H,2-3,5,9-10H2,1H3. The Balaban J connectivity index is 1.96. The first kappa shape index (κ1) is 15.9. The molecule has 0 aliphatic heterocycles. The molecule has 2 aromatic rings. The smallest absolute Gasteiger partial charge is 0.166 e. The summed E-state index contributed by atoms with van der Waals surface area (Å²) in [5.74, 6) is -2.45. The third-order valence-electron chi connectivity index (χ3n) is 4.41. The molecule has 1 aliphatic rings. The van der Waals surface area contributed by atoms with Crippen molar-refractivity contribution in [2.75, 3.05) is 0 Å². The number of benzene rings is 2. The summed E-state index contributed by atoms with van der Waals surface area (Å²) < 4.78 is 41.8. The van der Waals surface area contributed by atoms with Gasteiger partial charge in [0.05, 0.1) is 0 Å². The van der Waals surface area contributed by atoms with Crippen molar-refractivity contribution in [2.24, 2.45) is 0 Å². The van der Waals surface area contributed by atoms with Crippen molar-refractivity contribution in [3.8, 4) is 11.1 Å². The van der Waals surface area contributed by atoms with Crippen molar-refractivity contribution < 1.29 is 13.2 Å². The van der Waals surface area contributed by atoms with E-state index in [-0.39, 0.29) is 11.1 Å². The molecule has 1 aliphatic carbocycles. The molecule has 120 valence electrons. The average molecular weight is 316 g/mol. The number of unbranched alkanes of at least 4 members (excludes halogenated alkanes) is 1. The maximum absolute atomic E-state index is 14.4. The molecule has 3 rings (SSSR count). The SMILES string of the molecule is CCCCC1=CCc2cc(-c3cccc(F)c3F)c(F)cc2C1. The van der Waals surface area contributed by atoms with Crippen molar-refractivity contribution in [1.29, 1.82) is 0 Å². The Morgan fingerprint density at radius 1 is 0.957 bits per heavy atom. The van der Waals surface area contributed by atoms with Crippen LogP contribution in [0.4, 0.5) is 13.2 Å². The Morgan fingerprint density at radius 3 is 2.57 bits per heavy atom. The Labute approximate surface area is 134 Å². The van der Waals surface area contributed by atoms with Gasteiger partial charge in [-0.05, 0) is 55.0 Å². The predicted molar refractivity (Wildman–Crippen MR) is 86.8 cm³/mol. The van der Waals surface area contributed by atoms with Gasteiger partial charge in [-0.25, -0.2) is 13.2 Å². The zero-order valence-corrected chi connectivity index (χ0v) is 13.1. The van der Waals surface area contributed by atoms with Crippen LogP contribution < -0.4 is 0 Å². The second kappa shape index (κ2) is 6.61.